The molecule has 1 N–H and O–H groups in total. The van der Waals surface area contributed by atoms with Gasteiger partial charge in [0.1, 0.15) is 11.6 Å². The molecule has 0 aliphatic heterocycles. The van der Waals surface area contributed by atoms with E-state index in [1.165, 1.54) is 12.1 Å². The first-order chi connectivity index (χ1) is 9.54. The monoisotopic (exact) mass is 339 g/mol. The smallest absolute Gasteiger partial charge is 0.137 e. The van der Waals surface area contributed by atoms with Gasteiger partial charge in [0.2, 0.25) is 0 Å². The van der Waals surface area contributed by atoms with Crippen molar-refractivity contribution >= 4 is 15.9 Å². The van der Waals surface area contributed by atoms with E-state index >= 15 is 0 Å². The van der Waals surface area contributed by atoms with Crippen LogP contribution in [0.15, 0.2) is 40.9 Å². The molecule has 0 radical (unpaired) electrons. The number of aryl methyl sites for hydroxylation is 1. The quantitative estimate of drug-likeness (QED) is 0.848. The van der Waals surface area contributed by atoms with Crippen molar-refractivity contribution in [1.82, 2.24) is 5.32 Å². The van der Waals surface area contributed by atoms with Gasteiger partial charge in [-0.05, 0) is 47.1 Å². The van der Waals surface area contributed by atoms with E-state index in [1.54, 1.807) is 24.3 Å². The lowest BCUT2D eigenvalue weighted by Crippen LogP contribution is -2.23. The Morgan fingerprint density at radius 3 is 2.55 bits per heavy atom. The summed E-state index contributed by atoms with van der Waals surface area (Å²) in [5.74, 6) is -0.642. The maximum Gasteiger partial charge on any atom is 0.137 e. The third-order valence-electron chi connectivity index (χ3n) is 3.16. The van der Waals surface area contributed by atoms with Crippen molar-refractivity contribution in [3.05, 3.63) is 69.2 Å². The lowest BCUT2D eigenvalue weighted by atomic mass is 9.96. The fraction of sp³-hybridized carbons (Fsp3) is 0.250. The Bertz CT molecular complexity index is 611. The van der Waals surface area contributed by atoms with E-state index in [1.807, 2.05) is 13.8 Å². The fourth-order valence-corrected chi connectivity index (χ4v) is 2.71. The minimum atomic E-state index is -0.384. The number of rotatable bonds is 4. The molecule has 2 aromatic rings. The average Bonchev–Trinajstić information content (AvgIpc) is 2.43. The van der Waals surface area contributed by atoms with Crippen LogP contribution in [0, 0.1) is 18.6 Å². The minimum absolute atomic E-state index is 0.294. The first kappa shape index (κ1) is 15.1. The summed E-state index contributed by atoms with van der Waals surface area (Å²) in [5.41, 5.74) is 2.19. The van der Waals surface area contributed by atoms with E-state index in [0.29, 0.717) is 22.1 Å². The summed E-state index contributed by atoms with van der Waals surface area (Å²) < 4.78 is 28.2. The topological polar surface area (TPSA) is 12.0 Å². The van der Waals surface area contributed by atoms with E-state index in [2.05, 4.69) is 21.2 Å². The second-order valence-corrected chi connectivity index (χ2v) is 5.45. The van der Waals surface area contributed by atoms with Gasteiger partial charge in [-0.15, -0.1) is 0 Å². The molecule has 0 amide bonds. The first-order valence-electron chi connectivity index (χ1n) is 6.48. The standard InChI is InChI=1S/C16H16BrF2N/c1-3-20-16(11-5-4-6-14(19)15(11)17)12-9-10(2)7-8-13(12)18/h4-9,16,20H,3H2,1-2H3. The lowest BCUT2D eigenvalue weighted by molar-refractivity contribution is 0.551. The molecule has 0 bridgehead atoms. The van der Waals surface area contributed by atoms with Crippen LogP contribution < -0.4 is 5.32 Å². The highest BCUT2D eigenvalue weighted by atomic mass is 79.9. The van der Waals surface area contributed by atoms with Crippen molar-refractivity contribution in [1.29, 1.82) is 0 Å². The summed E-state index contributed by atoms with van der Waals surface area (Å²) in [4.78, 5) is 0. The zero-order valence-electron chi connectivity index (χ0n) is 11.4. The van der Waals surface area contributed by atoms with Crippen LogP contribution in [0.4, 0.5) is 8.78 Å². The van der Waals surface area contributed by atoms with Crippen LogP contribution in [0.5, 0.6) is 0 Å². The number of hydrogen-bond donors (Lipinski definition) is 1. The Labute approximate surface area is 126 Å². The molecule has 4 heteroatoms. The summed E-state index contributed by atoms with van der Waals surface area (Å²) in [6.45, 7) is 4.50. The maximum absolute atomic E-state index is 14.1. The van der Waals surface area contributed by atoms with E-state index in [0.717, 1.165) is 5.56 Å². The van der Waals surface area contributed by atoms with E-state index < -0.39 is 0 Å². The van der Waals surface area contributed by atoms with Gasteiger partial charge in [0.05, 0.1) is 10.5 Å². The molecular formula is C16H16BrF2N. The molecule has 0 saturated carbocycles. The van der Waals surface area contributed by atoms with Crippen LogP contribution in [0.2, 0.25) is 0 Å². The number of benzene rings is 2. The predicted octanol–water partition coefficient (Wildman–Crippen LogP) is 4.73. The molecule has 0 spiro atoms. The summed E-state index contributed by atoms with van der Waals surface area (Å²) in [6.07, 6.45) is 0. The van der Waals surface area contributed by atoms with E-state index in [-0.39, 0.29) is 17.7 Å². The summed E-state index contributed by atoms with van der Waals surface area (Å²) >= 11 is 3.25. The number of halogens is 3. The molecule has 0 aliphatic carbocycles. The molecule has 0 aromatic heterocycles. The van der Waals surface area contributed by atoms with Gasteiger partial charge in [0.15, 0.2) is 0 Å². The molecule has 1 unspecified atom stereocenters. The van der Waals surface area contributed by atoms with Gasteiger partial charge < -0.3 is 5.32 Å². The fourth-order valence-electron chi connectivity index (χ4n) is 2.22. The second-order valence-electron chi connectivity index (χ2n) is 4.66. The van der Waals surface area contributed by atoms with Gasteiger partial charge >= 0.3 is 0 Å². The van der Waals surface area contributed by atoms with Crippen LogP contribution in [0.25, 0.3) is 0 Å². The Morgan fingerprint density at radius 2 is 1.85 bits per heavy atom. The third-order valence-corrected chi connectivity index (χ3v) is 4.00. The van der Waals surface area contributed by atoms with Gasteiger partial charge in [-0.1, -0.05) is 36.8 Å². The highest BCUT2D eigenvalue weighted by Gasteiger charge is 2.20. The molecule has 1 atom stereocenters. The Kier molecular flexibility index (Phi) is 4.89. The molecule has 106 valence electrons. The summed E-state index contributed by atoms with van der Waals surface area (Å²) in [5, 5.41) is 3.21. The third kappa shape index (κ3) is 3.07. The Balaban J connectivity index is 2.56. The van der Waals surface area contributed by atoms with Gasteiger partial charge in [-0.3, -0.25) is 0 Å². The molecule has 0 saturated heterocycles. The van der Waals surface area contributed by atoms with E-state index in [4.69, 9.17) is 0 Å². The first-order valence-corrected chi connectivity index (χ1v) is 7.27. The van der Waals surface area contributed by atoms with Crippen LogP contribution in [-0.4, -0.2) is 6.54 Å². The molecular weight excluding hydrogens is 324 g/mol. The van der Waals surface area contributed by atoms with Gasteiger partial charge in [0.25, 0.3) is 0 Å². The van der Waals surface area contributed by atoms with Crippen molar-refractivity contribution in [3.8, 4) is 0 Å². The van der Waals surface area contributed by atoms with Crippen LogP contribution in [0.3, 0.4) is 0 Å². The van der Waals surface area contributed by atoms with Gasteiger partial charge in [-0.25, -0.2) is 8.78 Å². The SMILES string of the molecule is CCNC(c1cc(C)ccc1F)c1cccc(F)c1Br. The zero-order chi connectivity index (χ0) is 14.7. The van der Waals surface area contributed by atoms with Crippen molar-refractivity contribution in [2.75, 3.05) is 6.54 Å². The summed E-state index contributed by atoms with van der Waals surface area (Å²) in [7, 11) is 0. The van der Waals surface area contributed by atoms with Crippen LogP contribution >= 0.6 is 15.9 Å². The molecule has 20 heavy (non-hydrogen) atoms. The molecule has 1 nitrogen and oxygen atoms in total. The molecule has 2 rings (SSSR count). The average molecular weight is 340 g/mol. The van der Waals surface area contributed by atoms with Gasteiger partial charge in [0, 0.05) is 5.56 Å². The van der Waals surface area contributed by atoms with E-state index in [9.17, 15) is 8.78 Å². The van der Waals surface area contributed by atoms with Crippen molar-refractivity contribution in [2.45, 2.75) is 19.9 Å². The second kappa shape index (κ2) is 6.46. The zero-order valence-corrected chi connectivity index (χ0v) is 13.0. The lowest BCUT2D eigenvalue weighted by Gasteiger charge is -2.21. The molecule has 0 heterocycles. The molecule has 0 fully saturated rings. The highest BCUT2D eigenvalue weighted by Crippen LogP contribution is 2.32. The largest absolute Gasteiger partial charge is 0.306 e. The molecule has 2 aromatic carbocycles. The number of hydrogen-bond acceptors (Lipinski definition) is 1. The highest BCUT2D eigenvalue weighted by molar-refractivity contribution is 9.10. The van der Waals surface area contributed by atoms with Crippen molar-refractivity contribution in [3.63, 3.8) is 0 Å². The van der Waals surface area contributed by atoms with Crippen molar-refractivity contribution in [2.24, 2.45) is 0 Å². The van der Waals surface area contributed by atoms with Crippen LogP contribution in [0.1, 0.15) is 29.7 Å². The minimum Gasteiger partial charge on any atom is -0.306 e. The summed E-state index contributed by atoms with van der Waals surface area (Å²) in [6, 6.07) is 9.38. The number of nitrogens with one attached hydrogen (secondary N) is 1. The van der Waals surface area contributed by atoms with Crippen molar-refractivity contribution < 1.29 is 8.78 Å². The van der Waals surface area contributed by atoms with Gasteiger partial charge in [-0.2, -0.15) is 0 Å². The maximum atomic E-state index is 14.1. The Hall–Kier alpha value is -1.26. The Morgan fingerprint density at radius 1 is 1.10 bits per heavy atom. The predicted molar refractivity (Wildman–Crippen MR) is 80.8 cm³/mol. The normalized spacial score (nSPS) is 12.4. The van der Waals surface area contributed by atoms with Crippen LogP contribution in [-0.2, 0) is 0 Å². The molecule has 0 aliphatic rings.